The smallest absolute Gasteiger partial charge is 0.328 e. The molecule has 0 aromatic heterocycles. The second kappa shape index (κ2) is 3.71. The van der Waals surface area contributed by atoms with E-state index in [2.05, 4.69) is 15.9 Å². The normalized spacial score (nSPS) is 25.9. The molecule has 0 saturated heterocycles. The highest BCUT2D eigenvalue weighted by Crippen LogP contribution is 2.43. The number of nitrogens with two attached hydrogens (primary N) is 1. The van der Waals surface area contributed by atoms with Crippen molar-refractivity contribution in [3.63, 3.8) is 0 Å². The molecule has 0 radical (unpaired) electrons. The summed E-state index contributed by atoms with van der Waals surface area (Å²) in [6.07, 6.45) is 0.235. The lowest BCUT2D eigenvalue weighted by Crippen LogP contribution is -2.54. The van der Waals surface area contributed by atoms with E-state index in [1.165, 1.54) is 0 Å². The van der Waals surface area contributed by atoms with Crippen molar-refractivity contribution in [3.8, 4) is 5.75 Å². The number of fused-ring (bicyclic) bond motifs is 1. The fourth-order valence-corrected chi connectivity index (χ4v) is 2.59. The van der Waals surface area contributed by atoms with Crippen molar-refractivity contribution in [1.82, 2.24) is 0 Å². The standard InChI is InChI=1S/C12H14BrNO3/c1-11(2)6-12(14,10(15)16)8-5-7(13)3-4-9(8)17-11/h3-5H,6,14H2,1-2H3,(H,15,16)/t12-/m1/s1. The highest BCUT2D eigenvalue weighted by Gasteiger charge is 2.48. The molecule has 4 nitrogen and oxygen atoms in total. The molecular weight excluding hydrogens is 286 g/mol. The second-order valence-electron chi connectivity index (χ2n) is 4.96. The van der Waals surface area contributed by atoms with Crippen molar-refractivity contribution in [3.05, 3.63) is 28.2 Å². The van der Waals surface area contributed by atoms with Gasteiger partial charge in [-0.2, -0.15) is 0 Å². The molecule has 17 heavy (non-hydrogen) atoms. The number of carboxylic acids is 1. The molecule has 3 N–H and O–H groups in total. The number of ether oxygens (including phenoxy) is 1. The first-order chi connectivity index (χ1) is 7.74. The van der Waals surface area contributed by atoms with Gasteiger partial charge in [0.1, 0.15) is 16.9 Å². The number of halogens is 1. The summed E-state index contributed by atoms with van der Waals surface area (Å²) in [4.78, 5) is 11.4. The van der Waals surface area contributed by atoms with E-state index < -0.39 is 17.1 Å². The number of benzene rings is 1. The summed E-state index contributed by atoms with van der Waals surface area (Å²) in [6.45, 7) is 3.67. The number of aliphatic carboxylic acids is 1. The molecule has 0 saturated carbocycles. The molecular formula is C12H14BrNO3. The zero-order valence-corrected chi connectivity index (χ0v) is 11.2. The Balaban J connectivity index is 2.64. The number of rotatable bonds is 1. The zero-order chi connectivity index (χ0) is 12.8. The Bertz CT molecular complexity index is 487. The van der Waals surface area contributed by atoms with Crippen LogP contribution in [0.1, 0.15) is 25.8 Å². The van der Waals surface area contributed by atoms with Crippen LogP contribution in [0, 0.1) is 0 Å². The van der Waals surface area contributed by atoms with Crippen LogP contribution in [0.25, 0.3) is 0 Å². The van der Waals surface area contributed by atoms with Gasteiger partial charge in [0.15, 0.2) is 0 Å². The van der Waals surface area contributed by atoms with Crippen LogP contribution in [0.2, 0.25) is 0 Å². The third-order valence-electron chi connectivity index (χ3n) is 2.89. The molecule has 0 aliphatic carbocycles. The SMILES string of the molecule is CC1(C)C[C@](N)(C(=O)O)c2cc(Br)ccc2O1. The average Bonchev–Trinajstić information content (AvgIpc) is 2.18. The van der Waals surface area contributed by atoms with Crippen LogP contribution in [-0.2, 0) is 10.3 Å². The van der Waals surface area contributed by atoms with Gasteiger partial charge < -0.3 is 15.6 Å². The minimum absolute atomic E-state index is 0.235. The second-order valence-corrected chi connectivity index (χ2v) is 5.87. The van der Waals surface area contributed by atoms with E-state index in [9.17, 15) is 9.90 Å². The van der Waals surface area contributed by atoms with E-state index in [1.54, 1.807) is 12.1 Å². The zero-order valence-electron chi connectivity index (χ0n) is 9.66. The molecule has 0 bridgehead atoms. The monoisotopic (exact) mass is 299 g/mol. The molecule has 1 aromatic rings. The van der Waals surface area contributed by atoms with Crippen molar-refractivity contribution in [2.75, 3.05) is 0 Å². The van der Waals surface area contributed by atoms with E-state index in [1.807, 2.05) is 19.9 Å². The number of hydrogen-bond acceptors (Lipinski definition) is 3. The molecule has 0 amide bonds. The molecule has 1 aromatic carbocycles. The first-order valence-corrected chi connectivity index (χ1v) is 6.05. The predicted octanol–water partition coefficient (Wildman–Crippen LogP) is 2.25. The molecule has 0 spiro atoms. The van der Waals surface area contributed by atoms with Gasteiger partial charge in [-0.1, -0.05) is 15.9 Å². The molecule has 1 heterocycles. The van der Waals surface area contributed by atoms with Crippen LogP contribution in [-0.4, -0.2) is 16.7 Å². The molecule has 1 aliphatic rings. The van der Waals surface area contributed by atoms with Crippen LogP contribution in [0.3, 0.4) is 0 Å². The highest BCUT2D eigenvalue weighted by molar-refractivity contribution is 9.10. The largest absolute Gasteiger partial charge is 0.487 e. The Morgan fingerprint density at radius 1 is 1.53 bits per heavy atom. The van der Waals surface area contributed by atoms with E-state index in [0.717, 1.165) is 4.47 Å². The summed E-state index contributed by atoms with van der Waals surface area (Å²) in [5.41, 5.74) is 4.58. The topological polar surface area (TPSA) is 72.6 Å². The average molecular weight is 300 g/mol. The highest BCUT2D eigenvalue weighted by atomic mass is 79.9. The van der Waals surface area contributed by atoms with Crippen molar-refractivity contribution >= 4 is 21.9 Å². The Hall–Kier alpha value is -1.07. The van der Waals surface area contributed by atoms with Crippen LogP contribution < -0.4 is 10.5 Å². The maximum Gasteiger partial charge on any atom is 0.328 e. The van der Waals surface area contributed by atoms with Crippen LogP contribution in [0.4, 0.5) is 0 Å². The molecule has 1 atom stereocenters. The lowest BCUT2D eigenvalue weighted by molar-refractivity contribution is -0.147. The number of hydrogen-bond donors (Lipinski definition) is 2. The predicted molar refractivity (Wildman–Crippen MR) is 67.0 cm³/mol. The molecule has 92 valence electrons. The van der Waals surface area contributed by atoms with Crippen LogP contribution >= 0.6 is 15.9 Å². The Kier molecular flexibility index (Phi) is 2.71. The van der Waals surface area contributed by atoms with Crippen molar-refractivity contribution in [2.24, 2.45) is 5.73 Å². The third-order valence-corrected chi connectivity index (χ3v) is 3.39. The third kappa shape index (κ3) is 2.05. The molecule has 0 unspecified atom stereocenters. The van der Waals surface area contributed by atoms with Crippen molar-refractivity contribution in [2.45, 2.75) is 31.4 Å². The van der Waals surface area contributed by atoms with E-state index in [-0.39, 0.29) is 6.42 Å². The summed E-state index contributed by atoms with van der Waals surface area (Å²) in [7, 11) is 0. The summed E-state index contributed by atoms with van der Waals surface area (Å²) in [5, 5.41) is 9.37. The van der Waals surface area contributed by atoms with E-state index in [4.69, 9.17) is 10.5 Å². The van der Waals surface area contributed by atoms with Crippen molar-refractivity contribution < 1.29 is 14.6 Å². The molecule has 2 rings (SSSR count). The summed E-state index contributed by atoms with van der Waals surface area (Å²) >= 11 is 3.32. The lowest BCUT2D eigenvalue weighted by Gasteiger charge is -2.41. The summed E-state index contributed by atoms with van der Waals surface area (Å²) in [5.74, 6) is -0.498. The van der Waals surface area contributed by atoms with Gasteiger partial charge in [0.05, 0.1) is 0 Å². The quantitative estimate of drug-likeness (QED) is 0.834. The van der Waals surface area contributed by atoms with Gasteiger partial charge in [-0.05, 0) is 32.0 Å². The van der Waals surface area contributed by atoms with Gasteiger partial charge in [-0.3, -0.25) is 0 Å². The van der Waals surface area contributed by atoms with Gasteiger partial charge in [0, 0.05) is 16.5 Å². The molecule has 0 fully saturated rings. The van der Waals surface area contributed by atoms with Gasteiger partial charge in [0.25, 0.3) is 0 Å². The van der Waals surface area contributed by atoms with Crippen molar-refractivity contribution in [1.29, 1.82) is 0 Å². The fourth-order valence-electron chi connectivity index (χ4n) is 2.23. The van der Waals surface area contributed by atoms with Crippen LogP contribution in [0.15, 0.2) is 22.7 Å². The first-order valence-electron chi connectivity index (χ1n) is 5.26. The maximum absolute atomic E-state index is 11.4. The van der Waals surface area contributed by atoms with Gasteiger partial charge in [-0.15, -0.1) is 0 Å². The first kappa shape index (κ1) is 12.4. The number of carboxylic acid groups (broad SMARTS) is 1. The van der Waals surface area contributed by atoms with Crippen LogP contribution in [0.5, 0.6) is 5.75 Å². The molecule has 5 heteroatoms. The van der Waals surface area contributed by atoms with Gasteiger partial charge >= 0.3 is 5.97 Å². The van der Waals surface area contributed by atoms with E-state index in [0.29, 0.717) is 11.3 Å². The van der Waals surface area contributed by atoms with E-state index >= 15 is 0 Å². The van der Waals surface area contributed by atoms with Gasteiger partial charge in [-0.25, -0.2) is 4.79 Å². The Morgan fingerprint density at radius 2 is 2.18 bits per heavy atom. The summed E-state index contributed by atoms with van der Waals surface area (Å²) in [6, 6.07) is 5.26. The number of carbonyl (C=O) groups is 1. The van der Waals surface area contributed by atoms with Gasteiger partial charge in [0.2, 0.25) is 0 Å². The fraction of sp³-hybridized carbons (Fsp3) is 0.417. The minimum Gasteiger partial charge on any atom is -0.487 e. The Morgan fingerprint density at radius 3 is 2.76 bits per heavy atom. The minimum atomic E-state index is -1.40. The summed E-state index contributed by atoms with van der Waals surface area (Å²) < 4.78 is 6.54. The molecule has 1 aliphatic heterocycles. The Labute approximate surface area is 108 Å². The lowest BCUT2D eigenvalue weighted by atomic mass is 9.78. The maximum atomic E-state index is 11.4.